The summed E-state index contributed by atoms with van der Waals surface area (Å²) in [6.45, 7) is 3.72. The maximum Gasteiger partial charge on any atom is 0.292 e. The molecule has 1 aromatic heterocycles. The number of aryl methyl sites for hydroxylation is 1. The lowest BCUT2D eigenvalue weighted by molar-refractivity contribution is -0.117. The maximum absolute atomic E-state index is 12.2. The minimum atomic E-state index is -0.637. The highest BCUT2D eigenvalue weighted by molar-refractivity contribution is 6.42. The minimum absolute atomic E-state index is 0.380. The van der Waals surface area contributed by atoms with Crippen LogP contribution in [0.15, 0.2) is 48.5 Å². The first-order valence-electron chi connectivity index (χ1n) is 7.41. The first kappa shape index (κ1) is 15.0. The zero-order chi connectivity index (χ0) is 16.4. The fourth-order valence-electron chi connectivity index (χ4n) is 2.34. The second-order valence-corrected chi connectivity index (χ2v) is 5.53. The number of para-hydroxylation sites is 2. The molecule has 0 bridgehead atoms. The summed E-state index contributed by atoms with van der Waals surface area (Å²) in [4.78, 5) is 31.9. The van der Waals surface area contributed by atoms with Crippen LogP contribution in [-0.2, 0) is 4.79 Å². The Kier molecular flexibility index (Phi) is 3.93. The number of nitrogens with one attached hydrogen (secondary N) is 2. The number of ketones is 1. The topological polar surface area (TPSA) is 74.8 Å². The van der Waals surface area contributed by atoms with E-state index in [1.165, 1.54) is 0 Å². The van der Waals surface area contributed by atoms with Gasteiger partial charge in [0.15, 0.2) is 0 Å². The highest BCUT2D eigenvalue weighted by Gasteiger charge is 2.20. The van der Waals surface area contributed by atoms with Gasteiger partial charge in [0.1, 0.15) is 5.82 Å². The number of aromatic nitrogens is 2. The van der Waals surface area contributed by atoms with E-state index in [0.717, 1.165) is 16.6 Å². The number of carbonyl (C=O) groups is 2. The molecule has 23 heavy (non-hydrogen) atoms. The molecule has 0 aliphatic rings. The lowest BCUT2D eigenvalue weighted by Gasteiger charge is -2.10. The molecule has 0 saturated heterocycles. The number of Topliss-reactive ketones (excluding diaryl/α,β-unsaturated/α-hetero) is 1. The average molecular weight is 307 g/mol. The van der Waals surface area contributed by atoms with Gasteiger partial charge in [-0.3, -0.25) is 9.59 Å². The van der Waals surface area contributed by atoms with Crippen molar-refractivity contribution in [1.29, 1.82) is 0 Å². The Morgan fingerprint density at radius 1 is 1.09 bits per heavy atom. The Labute approximate surface area is 133 Å². The molecule has 2 N–H and O–H groups in total. The van der Waals surface area contributed by atoms with Gasteiger partial charge in [0.25, 0.3) is 5.91 Å². The number of imidazole rings is 1. The lowest BCUT2D eigenvalue weighted by atomic mass is 10.1. The van der Waals surface area contributed by atoms with Crippen molar-refractivity contribution in [3.63, 3.8) is 0 Å². The van der Waals surface area contributed by atoms with Gasteiger partial charge in [0, 0.05) is 5.56 Å². The fraction of sp³-hybridized carbons (Fsp3) is 0.167. The summed E-state index contributed by atoms with van der Waals surface area (Å²) in [5.41, 5.74) is 3.14. The predicted molar refractivity (Wildman–Crippen MR) is 88.2 cm³/mol. The van der Waals surface area contributed by atoms with E-state index in [9.17, 15) is 9.59 Å². The van der Waals surface area contributed by atoms with Crippen LogP contribution in [0, 0.1) is 6.92 Å². The highest BCUT2D eigenvalue weighted by Crippen LogP contribution is 2.15. The summed E-state index contributed by atoms with van der Waals surface area (Å²) in [5, 5.41) is 2.69. The monoisotopic (exact) mass is 307 g/mol. The maximum atomic E-state index is 12.2. The molecule has 1 unspecified atom stereocenters. The summed E-state index contributed by atoms with van der Waals surface area (Å²) in [5.74, 6) is -0.564. The molecule has 1 heterocycles. The molecule has 5 heteroatoms. The lowest BCUT2D eigenvalue weighted by Crippen LogP contribution is -2.33. The SMILES string of the molecule is Cc1ccc(C(=O)C(=O)NC(C)c2nc3ccccc3[nH]2)cc1. The fourth-order valence-corrected chi connectivity index (χ4v) is 2.34. The van der Waals surface area contributed by atoms with Crippen LogP contribution in [0.4, 0.5) is 0 Å². The summed E-state index contributed by atoms with van der Waals surface area (Å²) >= 11 is 0. The molecule has 0 radical (unpaired) electrons. The predicted octanol–water partition coefficient (Wildman–Crippen LogP) is 2.93. The van der Waals surface area contributed by atoms with Crippen molar-refractivity contribution in [1.82, 2.24) is 15.3 Å². The van der Waals surface area contributed by atoms with Crippen LogP contribution in [0.1, 0.15) is 34.7 Å². The van der Waals surface area contributed by atoms with E-state index in [-0.39, 0.29) is 6.04 Å². The number of hydrogen-bond acceptors (Lipinski definition) is 3. The van der Waals surface area contributed by atoms with Gasteiger partial charge < -0.3 is 10.3 Å². The molecule has 3 rings (SSSR count). The number of hydrogen-bond donors (Lipinski definition) is 2. The Morgan fingerprint density at radius 3 is 2.48 bits per heavy atom. The van der Waals surface area contributed by atoms with Gasteiger partial charge in [-0.15, -0.1) is 0 Å². The normalized spacial score (nSPS) is 12.1. The van der Waals surface area contributed by atoms with Gasteiger partial charge in [-0.2, -0.15) is 0 Å². The Hall–Kier alpha value is -2.95. The first-order valence-corrected chi connectivity index (χ1v) is 7.41. The largest absolute Gasteiger partial charge is 0.340 e. The van der Waals surface area contributed by atoms with Gasteiger partial charge in [0.2, 0.25) is 5.78 Å². The Balaban J connectivity index is 1.73. The van der Waals surface area contributed by atoms with Crippen LogP contribution in [0.25, 0.3) is 11.0 Å². The quantitative estimate of drug-likeness (QED) is 0.575. The van der Waals surface area contributed by atoms with E-state index in [4.69, 9.17) is 0 Å². The molecule has 0 aliphatic heterocycles. The van der Waals surface area contributed by atoms with Crippen LogP contribution in [-0.4, -0.2) is 21.7 Å². The first-order chi connectivity index (χ1) is 11.0. The molecule has 116 valence electrons. The van der Waals surface area contributed by atoms with Crippen LogP contribution in [0.5, 0.6) is 0 Å². The number of nitrogens with zero attached hydrogens (tertiary/aromatic N) is 1. The van der Waals surface area contributed by atoms with Gasteiger partial charge >= 0.3 is 0 Å². The van der Waals surface area contributed by atoms with Crippen molar-refractivity contribution >= 4 is 22.7 Å². The molecule has 2 aromatic carbocycles. The van der Waals surface area contributed by atoms with E-state index in [1.807, 2.05) is 43.3 Å². The third-order valence-corrected chi connectivity index (χ3v) is 3.69. The Morgan fingerprint density at radius 2 is 1.78 bits per heavy atom. The second-order valence-electron chi connectivity index (χ2n) is 5.53. The zero-order valence-electron chi connectivity index (χ0n) is 13.0. The highest BCUT2D eigenvalue weighted by atomic mass is 16.2. The molecular formula is C18H17N3O2. The molecule has 0 aliphatic carbocycles. The third kappa shape index (κ3) is 3.13. The summed E-state index contributed by atoms with van der Waals surface area (Å²) in [7, 11) is 0. The van der Waals surface area contributed by atoms with E-state index < -0.39 is 11.7 Å². The van der Waals surface area contributed by atoms with Gasteiger partial charge in [-0.05, 0) is 26.0 Å². The molecule has 0 saturated carbocycles. The van der Waals surface area contributed by atoms with Gasteiger partial charge in [-0.25, -0.2) is 4.98 Å². The van der Waals surface area contributed by atoms with Crippen molar-refractivity contribution in [3.8, 4) is 0 Å². The minimum Gasteiger partial charge on any atom is -0.340 e. The molecule has 5 nitrogen and oxygen atoms in total. The second kappa shape index (κ2) is 6.04. The third-order valence-electron chi connectivity index (χ3n) is 3.69. The van der Waals surface area contributed by atoms with E-state index >= 15 is 0 Å². The van der Waals surface area contributed by atoms with E-state index in [2.05, 4.69) is 15.3 Å². The summed E-state index contributed by atoms with van der Waals surface area (Å²) < 4.78 is 0. The molecule has 3 aromatic rings. The molecule has 0 fully saturated rings. The number of carbonyl (C=O) groups excluding carboxylic acids is 2. The van der Waals surface area contributed by atoms with Crippen molar-refractivity contribution in [2.45, 2.75) is 19.9 Å². The number of H-pyrrole nitrogens is 1. The standard InChI is InChI=1S/C18H17N3O2/c1-11-7-9-13(10-8-11)16(22)18(23)19-12(2)17-20-14-5-3-4-6-15(14)21-17/h3-10,12H,1-2H3,(H,19,23)(H,20,21). The van der Waals surface area contributed by atoms with Crippen LogP contribution >= 0.6 is 0 Å². The van der Waals surface area contributed by atoms with Crippen molar-refractivity contribution < 1.29 is 9.59 Å². The van der Waals surface area contributed by atoms with Crippen molar-refractivity contribution in [2.75, 3.05) is 0 Å². The van der Waals surface area contributed by atoms with Crippen molar-refractivity contribution in [2.24, 2.45) is 0 Å². The van der Waals surface area contributed by atoms with E-state index in [1.54, 1.807) is 19.1 Å². The molecule has 1 amide bonds. The van der Waals surface area contributed by atoms with Gasteiger partial charge in [-0.1, -0.05) is 42.0 Å². The molecule has 1 atom stereocenters. The zero-order valence-corrected chi connectivity index (χ0v) is 13.0. The average Bonchev–Trinajstić information content (AvgIpc) is 2.99. The van der Waals surface area contributed by atoms with Gasteiger partial charge in [0.05, 0.1) is 17.1 Å². The molecular weight excluding hydrogens is 290 g/mol. The number of rotatable bonds is 4. The Bertz CT molecular complexity index is 832. The van der Waals surface area contributed by atoms with E-state index in [0.29, 0.717) is 11.4 Å². The smallest absolute Gasteiger partial charge is 0.292 e. The number of fused-ring (bicyclic) bond motifs is 1. The number of amides is 1. The van der Waals surface area contributed by atoms with Crippen LogP contribution in [0.3, 0.4) is 0 Å². The summed E-state index contributed by atoms with van der Waals surface area (Å²) in [6, 6.07) is 14.2. The van der Waals surface area contributed by atoms with Crippen LogP contribution < -0.4 is 5.32 Å². The number of aromatic amines is 1. The van der Waals surface area contributed by atoms with Crippen LogP contribution in [0.2, 0.25) is 0 Å². The number of benzene rings is 2. The summed E-state index contributed by atoms with van der Waals surface area (Å²) in [6.07, 6.45) is 0. The van der Waals surface area contributed by atoms with Crippen molar-refractivity contribution in [3.05, 3.63) is 65.5 Å². The molecule has 0 spiro atoms.